The molecule has 0 aliphatic heterocycles. The van der Waals surface area contributed by atoms with Gasteiger partial charge < -0.3 is 10.4 Å². The number of nitrogens with one attached hydrogen (secondary N) is 2. The first-order valence-corrected chi connectivity index (χ1v) is 8.25. The third-order valence-electron chi connectivity index (χ3n) is 4.33. The predicted octanol–water partition coefficient (Wildman–Crippen LogP) is 2.62. The average molecular weight is 378 g/mol. The summed E-state index contributed by atoms with van der Waals surface area (Å²) < 4.78 is 15.5. The van der Waals surface area contributed by atoms with Gasteiger partial charge in [-0.25, -0.2) is 18.7 Å². The molecule has 1 atom stereocenters. The van der Waals surface area contributed by atoms with E-state index in [-0.39, 0.29) is 33.5 Å². The third-order valence-corrected chi connectivity index (χ3v) is 4.63. The highest BCUT2D eigenvalue weighted by Crippen LogP contribution is 2.41. The van der Waals surface area contributed by atoms with E-state index in [1.165, 1.54) is 18.3 Å². The highest BCUT2D eigenvalue weighted by atomic mass is 35.5. The van der Waals surface area contributed by atoms with Crippen molar-refractivity contribution in [3.05, 3.63) is 51.4 Å². The van der Waals surface area contributed by atoms with Gasteiger partial charge in [0.2, 0.25) is 0 Å². The van der Waals surface area contributed by atoms with Gasteiger partial charge in [-0.1, -0.05) is 11.6 Å². The summed E-state index contributed by atoms with van der Waals surface area (Å²) in [5, 5.41) is 17.9. The zero-order valence-corrected chi connectivity index (χ0v) is 14.0. The maximum Gasteiger partial charge on any atom is 0.405 e. The summed E-state index contributed by atoms with van der Waals surface area (Å²) in [6, 6.07) is 3.20. The van der Waals surface area contributed by atoms with E-state index in [1.807, 2.05) is 0 Å². The maximum absolute atomic E-state index is 14.3. The molecule has 0 spiro atoms. The minimum Gasteiger partial charge on any atom is -0.465 e. The summed E-state index contributed by atoms with van der Waals surface area (Å²) in [6.45, 7) is 0. The van der Waals surface area contributed by atoms with Crippen LogP contribution in [0.4, 0.5) is 9.18 Å². The Hall–Kier alpha value is -2.94. The molecule has 1 aromatic carbocycles. The molecule has 1 amide bonds. The van der Waals surface area contributed by atoms with Crippen molar-refractivity contribution >= 4 is 28.6 Å². The smallest absolute Gasteiger partial charge is 0.405 e. The van der Waals surface area contributed by atoms with E-state index < -0.39 is 23.5 Å². The van der Waals surface area contributed by atoms with Gasteiger partial charge in [-0.05, 0) is 30.9 Å². The Labute approximate surface area is 150 Å². The Kier molecular flexibility index (Phi) is 3.87. The molecule has 3 N–H and O–H groups in total. The lowest BCUT2D eigenvalue weighted by molar-refractivity contribution is 0.187. The van der Waals surface area contributed by atoms with E-state index in [2.05, 4.69) is 20.5 Å². The molecule has 1 aliphatic carbocycles. The van der Waals surface area contributed by atoms with Crippen molar-refractivity contribution in [1.82, 2.24) is 25.1 Å². The molecule has 2 aromatic heterocycles. The van der Waals surface area contributed by atoms with E-state index in [0.717, 1.165) is 23.5 Å². The van der Waals surface area contributed by atoms with Crippen LogP contribution in [0.3, 0.4) is 0 Å². The van der Waals surface area contributed by atoms with Gasteiger partial charge in [-0.15, -0.1) is 0 Å². The van der Waals surface area contributed by atoms with Crippen LogP contribution in [0, 0.1) is 11.7 Å². The molecule has 10 heteroatoms. The maximum atomic E-state index is 14.3. The van der Waals surface area contributed by atoms with Crippen molar-refractivity contribution in [2.45, 2.75) is 18.9 Å². The Balaban J connectivity index is 2.07. The van der Waals surface area contributed by atoms with Crippen molar-refractivity contribution in [2.75, 3.05) is 0 Å². The summed E-state index contributed by atoms with van der Waals surface area (Å²) in [4.78, 5) is 28.7. The Bertz CT molecular complexity index is 1060. The van der Waals surface area contributed by atoms with Crippen LogP contribution < -0.4 is 10.9 Å². The number of benzene rings is 1. The first-order valence-electron chi connectivity index (χ1n) is 7.87. The number of fused-ring (bicyclic) bond motifs is 1. The van der Waals surface area contributed by atoms with Crippen LogP contribution in [0.2, 0.25) is 5.02 Å². The van der Waals surface area contributed by atoms with E-state index in [9.17, 15) is 19.1 Å². The number of aromatic nitrogens is 4. The fourth-order valence-electron chi connectivity index (χ4n) is 3.00. The number of hydrogen-bond acceptors (Lipinski definition) is 4. The van der Waals surface area contributed by atoms with Gasteiger partial charge in [0.1, 0.15) is 22.8 Å². The molecular weight excluding hydrogens is 365 g/mol. The normalized spacial score (nSPS) is 15.2. The SMILES string of the molecule is O=C(O)NC(c1nc2c(Cl)ccc(F)c2c(=O)n1-c1ccn[nH]1)C1CC1. The third kappa shape index (κ3) is 2.70. The second kappa shape index (κ2) is 6.10. The molecule has 1 unspecified atom stereocenters. The zero-order valence-electron chi connectivity index (χ0n) is 13.2. The van der Waals surface area contributed by atoms with Crippen molar-refractivity contribution in [1.29, 1.82) is 0 Å². The summed E-state index contributed by atoms with van der Waals surface area (Å²) in [5.41, 5.74) is -0.688. The Morgan fingerprint density at radius 1 is 1.42 bits per heavy atom. The van der Waals surface area contributed by atoms with Crippen molar-refractivity contribution in [2.24, 2.45) is 5.92 Å². The number of carboxylic acid groups (broad SMARTS) is 1. The molecule has 1 aliphatic rings. The van der Waals surface area contributed by atoms with Crippen molar-refractivity contribution in [3.8, 4) is 5.82 Å². The lowest BCUT2D eigenvalue weighted by atomic mass is 10.1. The van der Waals surface area contributed by atoms with Crippen LogP contribution in [0.1, 0.15) is 24.7 Å². The molecule has 26 heavy (non-hydrogen) atoms. The van der Waals surface area contributed by atoms with Gasteiger partial charge >= 0.3 is 6.09 Å². The molecule has 4 rings (SSSR count). The Morgan fingerprint density at radius 3 is 2.81 bits per heavy atom. The van der Waals surface area contributed by atoms with E-state index in [1.54, 1.807) is 0 Å². The minimum absolute atomic E-state index is 0.000251. The van der Waals surface area contributed by atoms with Gasteiger partial charge in [0.25, 0.3) is 5.56 Å². The monoisotopic (exact) mass is 377 g/mol. The van der Waals surface area contributed by atoms with Crippen molar-refractivity contribution in [3.63, 3.8) is 0 Å². The molecule has 134 valence electrons. The molecule has 1 fully saturated rings. The number of nitrogens with zero attached hydrogens (tertiary/aromatic N) is 3. The van der Waals surface area contributed by atoms with Crippen LogP contribution >= 0.6 is 11.6 Å². The fraction of sp³-hybridized carbons (Fsp3) is 0.250. The molecule has 1 saturated carbocycles. The number of rotatable bonds is 4. The average Bonchev–Trinajstić information content (AvgIpc) is 3.30. The second-order valence-corrected chi connectivity index (χ2v) is 6.48. The van der Waals surface area contributed by atoms with Crippen LogP contribution in [-0.4, -0.2) is 30.9 Å². The highest BCUT2D eigenvalue weighted by Gasteiger charge is 2.37. The quantitative estimate of drug-likeness (QED) is 0.646. The molecule has 0 bridgehead atoms. The fourth-order valence-corrected chi connectivity index (χ4v) is 3.20. The first kappa shape index (κ1) is 16.5. The van der Waals surface area contributed by atoms with Crippen LogP contribution in [0.5, 0.6) is 0 Å². The lowest BCUT2D eigenvalue weighted by Crippen LogP contribution is -2.35. The summed E-state index contributed by atoms with van der Waals surface area (Å²) >= 11 is 6.12. The van der Waals surface area contributed by atoms with Gasteiger partial charge in [0.15, 0.2) is 0 Å². The van der Waals surface area contributed by atoms with Crippen molar-refractivity contribution < 1.29 is 14.3 Å². The summed E-state index contributed by atoms with van der Waals surface area (Å²) in [5.74, 6) is -0.353. The van der Waals surface area contributed by atoms with Crippen LogP contribution in [0.15, 0.2) is 29.2 Å². The van der Waals surface area contributed by atoms with Gasteiger partial charge in [-0.3, -0.25) is 9.89 Å². The largest absolute Gasteiger partial charge is 0.465 e. The zero-order chi connectivity index (χ0) is 18.4. The minimum atomic E-state index is -1.24. The van der Waals surface area contributed by atoms with Crippen LogP contribution in [-0.2, 0) is 0 Å². The van der Waals surface area contributed by atoms with E-state index in [4.69, 9.17) is 11.6 Å². The standard InChI is InChI=1S/C16H13ClFN5O3/c17-8-3-4-9(18)11-13(8)20-14(12(7-1-2-7)21-16(25)26)23(15(11)24)10-5-6-19-22-10/h3-7,12,21H,1-2H2,(H,19,22)(H,25,26). The number of carbonyl (C=O) groups is 1. The van der Waals surface area contributed by atoms with Gasteiger partial charge in [0.05, 0.1) is 22.8 Å². The Morgan fingerprint density at radius 2 is 2.19 bits per heavy atom. The molecule has 2 heterocycles. The number of halogens is 2. The molecular formula is C16H13ClFN5O3. The topological polar surface area (TPSA) is 113 Å². The van der Waals surface area contributed by atoms with Crippen LogP contribution in [0.25, 0.3) is 16.7 Å². The predicted molar refractivity (Wildman–Crippen MR) is 91.1 cm³/mol. The van der Waals surface area contributed by atoms with Gasteiger partial charge in [-0.2, -0.15) is 5.10 Å². The highest BCUT2D eigenvalue weighted by molar-refractivity contribution is 6.35. The van der Waals surface area contributed by atoms with E-state index in [0.29, 0.717) is 0 Å². The number of hydrogen-bond donors (Lipinski definition) is 3. The number of amides is 1. The number of H-pyrrole nitrogens is 1. The molecule has 0 saturated heterocycles. The first-order chi connectivity index (χ1) is 12.5. The molecule has 0 radical (unpaired) electrons. The lowest BCUT2D eigenvalue weighted by Gasteiger charge is -2.20. The molecule has 3 aromatic rings. The number of aromatic amines is 1. The van der Waals surface area contributed by atoms with Gasteiger partial charge in [0, 0.05) is 6.07 Å². The second-order valence-electron chi connectivity index (χ2n) is 6.07. The summed E-state index contributed by atoms with van der Waals surface area (Å²) in [7, 11) is 0. The molecule has 8 nitrogen and oxygen atoms in total. The summed E-state index contributed by atoms with van der Waals surface area (Å²) in [6.07, 6.45) is 1.77. The van der Waals surface area contributed by atoms with E-state index >= 15 is 0 Å².